The summed E-state index contributed by atoms with van der Waals surface area (Å²) in [4.78, 5) is 21.1. The quantitative estimate of drug-likeness (QED) is 0.354. The fraction of sp³-hybridized carbons (Fsp3) is 0.250. The van der Waals surface area contributed by atoms with Crippen LogP contribution in [0.2, 0.25) is 0 Å². The number of nitrogens with zero attached hydrogens (tertiary/aromatic N) is 2. The normalized spacial score (nSPS) is 9.76. The monoisotopic (exact) mass is 490 g/mol. The second kappa shape index (κ2) is 23.8. The molecule has 0 aliphatic carbocycles. The number of benzene rings is 2. The molecule has 0 spiro atoms. The van der Waals surface area contributed by atoms with Crippen molar-refractivity contribution in [3.8, 4) is 0 Å². The van der Waals surface area contributed by atoms with Gasteiger partial charge in [-0.05, 0) is 13.8 Å². The van der Waals surface area contributed by atoms with Gasteiger partial charge < -0.3 is 31.1 Å². The number of para-hydroxylation sites is 2. The van der Waals surface area contributed by atoms with Crippen LogP contribution in [0.4, 0.5) is 11.4 Å². The van der Waals surface area contributed by atoms with Crippen LogP contribution in [-0.2, 0) is 31.3 Å². The summed E-state index contributed by atoms with van der Waals surface area (Å²) in [7, 11) is 0. The van der Waals surface area contributed by atoms with E-state index in [-0.39, 0.29) is 58.3 Å². The topological polar surface area (TPSA) is 149 Å². The summed E-state index contributed by atoms with van der Waals surface area (Å²) in [6.45, 7) is 5.85. The summed E-state index contributed by atoms with van der Waals surface area (Å²) in [5.74, 6) is -0.980. The van der Waals surface area contributed by atoms with Gasteiger partial charge in [0.2, 0.25) is 0 Å². The summed E-state index contributed by atoms with van der Waals surface area (Å²) in [5.41, 5.74) is 1.25. The molecule has 9 heteroatoms. The Kier molecular flexibility index (Phi) is 25.0. The minimum absolute atomic E-state index is 0. The van der Waals surface area contributed by atoms with E-state index in [1.54, 1.807) is 62.4 Å². The average Bonchev–Trinajstić information content (AvgIpc) is 2.70. The molecule has 0 heterocycles. The predicted octanol–water partition coefficient (Wildman–Crippen LogP) is 4.09. The maximum absolute atomic E-state index is 10.5. The van der Waals surface area contributed by atoms with Gasteiger partial charge in [-0.1, -0.05) is 74.5 Å². The van der Waals surface area contributed by atoms with E-state index in [9.17, 15) is 9.59 Å². The van der Waals surface area contributed by atoms with E-state index in [2.05, 4.69) is 10.6 Å². The molecule has 0 aliphatic rings. The zero-order valence-corrected chi connectivity index (χ0v) is 20.8. The zero-order chi connectivity index (χ0) is 24.8. The van der Waals surface area contributed by atoms with E-state index in [0.717, 1.165) is 12.2 Å². The second-order valence-electron chi connectivity index (χ2n) is 5.70. The van der Waals surface area contributed by atoms with Crippen molar-refractivity contribution in [2.45, 2.75) is 27.7 Å². The number of carbonyl (C=O) groups is 2. The molecular formula is C24H30N2O6Ti. The molecule has 2 aromatic carbocycles. The van der Waals surface area contributed by atoms with E-state index >= 15 is 0 Å². The minimum atomic E-state index is -0.265. The van der Waals surface area contributed by atoms with E-state index in [4.69, 9.17) is 20.4 Å². The van der Waals surface area contributed by atoms with E-state index in [0.29, 0.717) is 11.4 Å². The third-order valence-corrected chi connectivity index (χ3v) is 2.66. The molecule has 2 N–H and O–H groups in total. The summed E-state index contributed by atoms with van der Waals surface area (Å²) >= 11 is 0. The fourth-order valence-electron chi connectivity index (χ4n) is 1.70. The van der Waals surface area contributed by atoms with Gasteiger partial charge in [-0.25, -0.2) is 0 Å². The Labute approximate surface area is 210 Å². The molecule has 0 atom stereocenters. The van der Waals surface area contributed by atoms with Gasteiger partial charge in [-0.3, -0.25) is 9.59 Å². The SMILES string of the molecule is CC(=O)/C=C(\O)[N-]c1ccccc1.CC(=O)/C=C(\O)[N-]c1ccccc1.CC[O-].CC[O-].[Ti+4]. The summed E-state index contributed by atoms with van der Waals surface area (Å²) in [5, 5.41) is 43.7. The molecule has 0 fully saturated rings. The standard InChI is InChI=1S/2C10H11NO2.2C2H5O.Ti/c2*1-8(12)7-10(13)11-9-5-3-2-4-6-9;2*1-2-3;/h2*2-7H,1H3,(H2,11,12,13);2*2H2,1H3;/q;;2*-1;+4/p-2. The van der Waals surface area contributed by atoms with Gasteiger partial charge in [0.05, 0.1) is 0 Å². The van der Waals surface area contributed by atoms with Crippen LogP contribution in [0.3, 0.4) is 0 Å². The Morgan fingerprint density at radius 1 is 0.727 bits per heavy atom. The molecule has 2 rings (SSSR count). The van der Waals surface area contributed by atoms with Crippen LogP contribution in [0, 0.1) is 0 Å². The molecule has 0 radical (unpaired) electrons. The van der Waals surface area contributed by atoms with Crippen molar-refractivity contribution in [1.29, 1.82) is 0 Å². The van der Waals surface area contributed by atoms with Gasteiger partial charge in [-0.2, -0.15) is 0 Å². The molecule has 0 amide bonds. The van der Waals surface area contributed by atoms with Crippen molar-refractivity contribution in [1.82, 2.24) is 0 Å². The fourth-order valence-corrected chi connectivity index (χ4v) is 1.70. The van der Waals surface area contributed by atoms with Crippen LogP contribution in [0.5, 0.6) is 0 Å². The van der Waals surface area contributed by atoms with Crippen LogP contribution in [0.15, 0.2) is 84.6 Å². The Bertz CT molecular complexity index is 743. The van der Waals surface area contributed by atoms with Crippen LogP contribution in [-0.4, -0.2) is 35.0 Å². The number of ketones is 2. The minimum Gasteiger partial charge on any atom is -0.855 e. The molecule has 8 nitrogen and oxygen atoms in total. The van der Waals surface area contributed by atoms with E-state index in [1.165, 1.54) is 13.8 Å². The molecule has 176 valence electrons. The summed E-state index contributed by atoms with van der Waals surface area (Å²) in [6.07, 6.45) is 2.15. The molecule has 0 bridgehead atoms. The molecule has 33 heavy (non-hydrogen) atoms. The maximum atomic E-state index is 10.5. The average molecular weight is 490 g/mol. The summed E-state index contributed by atoms with van der Waals surface area (Å²) in [6, 6.07) is 17.9. The van der Waals surface area contributed by atoms with E-state index < -0.39 is 0 Å². The summed E-state index contributed by atoms with van der Waals surface area (Å²) < 4.78 is 0. The van der Waals surface area contributed by atoms with Crippen molar-refractivity contribution in [3.63, 3.8) is 0 Å². The Balaban J connectivity index is -0.000000430. The predicted molar refractivity (Wildman–Crippen MR) is 123 cm³/mol. The second-order valence-corrected chi connectivity index (χ2v) is 5.70. The van der Waals surface area contributed by atoms with Crippen molar-refractivity contribution < 1.29 is 51.7 Å². The zero-order valence-electron chi connectivity index (χ0n) is 19.3. The third kappa shape index (κ3) is 25.2. The van der Waals surface area contributed by atoms with Crippen LogP contribution in [0.1, 0.15) is 27.7 Å². The van der Waals surface area contributed by atoms with Gasteiger partial charge in [0, 0.05) is 23.9 Å². The Hall–Kier alpha value is -2.91. The largest absolute Gasteiger partial charge is 4.00 e. The van der Waals surface area contributed by atoms with Crippen LogP contribution >= 0.6 is 0 Å². The molecule has 2 aromatic rings. The first-order valence-electron chi connectivity index (χ1n) is 9.72. The molecule has 0 saturated heterocycles. The van der Waals surface area contributed by atoms with Gasteiger partial charge in [0.15, 0.2) is 11.6 Å². The van der Waals surface area contributed by atoms with Gasteiger partial charge in [0.25, 0.3) is 0 Å². The van der Waals surface area contributed by atoms with Crippen molar-refractivity contribution in [2.24, 2.45) is 0 Å². The number of aliphatic hydroxyl groups excluding tert-OH is 2. The molecule has 0 aliphatic heterocycles. The van der Waals surface area contributed by atoms with Crippen molar-refractivity contribution >= 4 is 22.9 Å². The number of carbonyl (C=O) groups excluding carboxylic acids is 2. The number of hydrogen-bond acceptors (Lipinski definition) is 6. The van der Waals surface area contributed by atoms with Crippen LogP contribution < -0.4 is 10.2 Å². The Morgan fingerprint density at radius 2 is 0.970 bits per heavy atom. The van der Waals surface area contributed by atoms with Gasteiger partial charge in [-0.15, -0.1) is 24.6 Å². The van der Waals surface area contributed by atoms with Crippen molar-refractivity contribution in [3.05, 3.63) is 95.2 Å². The first-order chi connectivity index (χ1) is 15.2. The number of aliphatic hydroxyl groups is 2. The Morgan fingerprint density at radius 3 is 1.18 bits per heavy atom. The van der Waals surface area contributed by atoms with Crippen molar-refractivity contribution in [2.75, 3.05) is 13.2 Å². The molecule has 0 unspecified atom stereocenters. The number of allylic oxidation sites excluding steroid dienone is 2. The molecule has 0 aromatic heterocycles. The third-order valence-electron chi connectivity index (χ3n) is 2.66. The first-order valence-corrected chi connectivity index (χ1v) is 9.72. The van der Waals surface area contributed by atoms with E-state index in [1.807, 2.05) is 12.1 Å². The number of hydrogen-bond donors (Lipinski definition) is 2. The molecular weight excluding hydrogens is 460 g/mol. The van der Waals surface area contributed by atoms with Gasteiger partial charge >= 0.3 is 21.7 Å². The number of rotatable bonds is 6. The first kappa shape index (κ1) is 34.7. The molecule has 0 saturated carbocycles. The van der Waals surface area contributed by atoms with Gasteiger partial charge in [0.1, 0.15) is 0 Å². The smallest absolute Gasteiger partial charge is 0.855 e. The van der Waals surface area contributed by atoms with Crippen LogP contribution in [0.25, 0.3) is 10.6 Å². The maximum Gasteiger partial charge on any atom is 4.00 e.